The predicted molar refractivity (Wildman–Crippen MR) is 108 cm³/mol. The minimum Gasteiger partial charge on any atom is -0.494 e. The Hall–Kier alpha value is -3.02. The number of carbonyl (C=O) groups excluding carboxylic acids is 2. The molecule has 0 spiro atoms. The summed E-state index contributed by atoms with van der Waals surface area (Å²) in [4.78, 5) is 24.0. The maximum Gasteiger partial charge on any atom is 0.276 e. The van der Waals surface area contributed by atoms with Crippen molar-refractivity contribution in [2.24, 2.45) is 5.92 Å². The van der Waals surface area contributed by atoms with Crippen molar-refractivity contribution in [3.8, 4) is 11.5 Å². The zero-order valence-electron chi connectivity index (χ0n) is 16.9. The molecule has 2 N–H and O–H groups in total. The van der Waals surface area contributed by atoms with Gasteiger partial charge in [-0.3, -0.25) is 20.4 Å². The first-order valence-corrected chi connectivity index (χ1v) is 9.37. The number of hydrogen-bond donors (Lipinski definition) is 2. The van der Waals surface area contributed by atoms with Gasteiger partial charge in [0.2, 0.25) is 0 Å². The lowest BCUT2D eigenvalue weighted by molar-refractivity contribution is -0.123. The minimum absolute atomic E-state index is 0.188. The number of benzene rings is 2. The largest absolute Gasteiger partial charge is 0.494 e. The number of hydrazine groups is 1. The van der Waals surface area contributed by atoms with Gasteiger partial charge in [0.1, 0.15) is 11.5 Å². The molecule has 2 aromatic carbocycles. The average molecular weight is 384 g/mol. The van der Waals surface area contributed by atoms with Crippen LogP contribution in [0.5, 0.6) is 11.5 Å². The van der Waals surface area contributed by atoms with E-state index in [0.29, 0.717) is 29.6 Å². The van der Waals surface area contributed by atoms with Gasteiger partial charge in [-0.25, -0.2) is 0 Å². The van der Waals surface area contributed by atoms with Crippen molar-refractivity contribution < 1.29 is 19.1 Å². The Labute approximate surface area is 166 Å². The Balaban J connectivity index is 1.75. The monoisotopic (exact) mass is 384 g/mol. The molecule has 0 unspecified atom stereocenters. The Bertz CT molecular complexity index is 801. The van der Waals surface area contributed by atoms with Crippen LogP contribution in [0, 0.1) is 19.8 Å². The predicted octanol–water partition coefficient (Wildman–Crippen LogP) is 3.57. The van der Waals surface area contributed by atoms with Crippen molar-refractivity contribution >= 4 is 11.8 Å². The van der Waals surface area contributed by atoms with E-state index in [-0.39, 0.29) is 6.61 Å². The van der Waals surface area contributed by atoms with E-state index in [0.717, 1.165) is 17.5 Å². The molecule has 28 heavy (non-hydrogen) atoms. The summed E-state index contributed by atoms with van der Waals surface area (Å²) < 4.78 is 11.1. The van der Waals surface area contributed by atoms with Crippen molar-refractivity contribution in [2.75, 3.05) is 13.2 Å². The molecule has 6 nitrogen and oxygen atoms in total. The molecule has 0 radical (unpaired) electrons. The summed E-state index contributed by atoms with van der Waals surface area (Å²) in [6, 6.07) is 12.5. The van der Waals surface area contributed by atoms with Gasteiger partial charge >= 0.3 is 0 Å². The third-order valence-corrected chi connectivity index (χ3v) is 4.09. The molecular formula is C22H28N2O4. The third-order valence-electron chi connectivity index (χ3n) is 4.09. The van der Waals surface area contributed by atoms with E-state index in [9.17, 15) is 9.59 Å². The fourth-order valence-corrected chi connectivity index (χ4v) is 2.45. The van der Waals surface area contributed by atoms with Gasteiger partial charge in [0, 0.05) is 5.56 Å². The highest BCUT2D eigenvalue weighted by molar-refractivity contribution is 5.95. The summed E-state index contributed by atoms with van der Waals surface area (Å²) in [6.07, 6.45) is 0.971. The lowest BCUT2D eigenvalue weighted by atomic mass is 10.1. The molecule has 0 fully saturated rings. The molecule has 0 aliphatic carbocycles. The van der Waals surface area contributed by atoms with Gasteiger partial charge in [-0.15, -0.1) is 0 Å². The van der Waals surface area contributed by atoms with Crippen LogP contribution in [-0.2, 0) is 4.79 Å². The molecule has 0 aliphatic rings. The highest BCUT2D eigenvalue weighted by Gasteiger charge is 2.09. The van der Waals surface area contributed by atoms with Crippen LogP contribution < -0.4 is 20.3 Å². The van der Waals surface area contributed by atoms with Crippen LogP contribution >= 0.6 is 0 Å². The second kappa shape index (κ2) is 10.3. The lowest BCUT2D eigenvalue weighted by Gasteiger charge is -2.11. The number of ether oxygens (including phenoxy) is 2. The summed E-state index contributed by atoms with van der Waals surface area (Å²) in [5, 5.41) is 0. The Morgan fingerprint density at radius 1 is 0.964 bits per heavy atom. The van der Waals surface area contributed by atoms with Crippen molar-refractivity contribution in [3.05, 3.63) is 59.2 Å². The molecule has 2 aromatic rings. The Morgan fingerprint density at radius 2 is 1.68 bits per heavy atom. The molecule has 0 heterocycles. The normalized spacial score (nSPS) is 10.5. The van der Waals surface area contributed by atoms with Crippen molar-refractivity contribution in [2.45, 2.75) is 34.1 Å². The van der Waals surface area contributed by atoms with E-state index in [1.165, 1.54) is 0 Å². The van der Waals surface area contributed by atoms with Gasteiger partial charge in [0.25, 0.3) is 11.8 Å². The van der Waals surface area contributed by atoms with Crippen LogP contribution in [0.25, 0.3) is 0 Å². The fourth-order valence-electron chi connectivity index (χ4n) is 2.45. The van der Waals surface area contributed by atoms with Crippen LogP contribution in [0.4, 0.5) is 0 Å². The molecule has 0 saturated carbocycles. The summed E-state index contributed by atoms with van der Waals surface area (Å²) in [7, 11) is 0. The SMILES string of the molecule is Cc1ccc(OCC(=O)NNC(=O)c2ccc(OCCC(C)C)cc2)c(C)c1. The van der Waals surface area contributed by atoms with E-state index >= 15 is 0 Å². The highest BCUT2D eigenvalue weighted by Crippen LogP contribution is 2.18. The maximum atomic E-state index is 12.1. The van der Waals surface area contributed by atoms with E-state index in [2.05, 4.69) is 24.7 Å². The number of rotatable bonds is 8. The maximum absolute atomic E-state index is 12.1. The van der Waals surface area contributed by atoms with E-state index in [1.54, 1.807) is 24.3 Å². The van der Waals surface area contributed by atoms with Gasteiger partial charge in [0.05, 0.1) is 6.61 Å². The van der Waals surface area contributed by atoms with Gasteiger partial charge in [-0.2, -0.15) is 0 Å². The molecule has 0 atom stereocenters. The average Bonchev–Trinajstić information content (AvgIpc) is 2.65. The summed E-state index contributed by atoms with van der Waals surface area (Å²) >= 11 is 0. The van der Waals surface area contributed by atoms with Crippen LogP contribution in [-0.4, -0.2) is 25.0 Å². The minimum atomic E-state index is -0.443. The van der Waals surface area contributed by atoms with Crippen molar-refractivity contribution in [1.29, 1.82) is 0 Å². The van der Waals surface area contributed by atoms with E-state index < -0.39 is 11.8 Å². The van der Waals surface area contributed by atoms with Gasteiger partial charge in [0.15, 0.2) is 6.61 Å². The molecule has 0 bridgehead atoms. The van der Waals surface area contributed by atoms with Crippen LogP contribution in [0.1, 0.15) is 41.8 Å². The summed E-state index contributed by atoms with van der Waals surface area (Å²) in [6.45, 7) is 8.63. The molecule has 6 heteroatoms. The summed E-state index contributed by atoms with van der Waals surface area (Å²) in [5.74, 6) is 1.08. The van der Waals surface area contributed by atoms with Crippen LogP contribution in [0.2, 0.25) is 0 Å². The Morgan fingerprint density at radius 3 is 2.32 bits per heavy atom. The topological polar surface area (TPSA) is 76.7 Å². The molecule has 2 rings (SSSR count). The second-order valence-electron chi connectivity index (χ2n) is 7.12. The van der Waals surface area contributed by atoms with E-state index in [1.807, 2.05) is 32.0 Å². The number of aryl methyl sites for hydroxylation is 2. The number of hydrogen-bond acceptors (Lipinski definition) is 4. The molecule has 0 aliphatic heterocycles. The van der Waals surface area contributed by atoms with Crippen molar-refractivity contribution in [1.82, 2.24) is 10.9 Å². The van der Waals surface area contributed by atoms with E-state index in [4.69, 9.17) is 9.47 Å². The van der Waals surface area contributed by atoms with Crippen LogP contribution in [0.15, 0.2) is 42.5 Å². The standard InChI is InChI=1S/C22H28N2O4/c1-15(2)11-12-27-19-8-6-18(7-9-19)22(26)24-23-21(25)14-28-20-10-5-16(3)13-17(20)4/h5-10,13,15H,11-12,14H2,1-4H3,(H,23,25)(H,24,26). The highest BCUT2D eigenvalue weighted by atomic mass is 16.5. The second-order valence-corrected chi connectivity index (χ2v) is 7.12. The van der Waals surface area contributed by atoms with Gasteiger partial charge < -0.3 is 9.47 Å². The third kappa shape index (κ3) is 6.95. The van der Waals surface area contributed by atoms with Gasteiger partial charge in [-0.1, -0.05) is 31.5 Å². The Kier molecular flexibility index (Phi) is 7.87. The zero-order valence-corrected chi connectivity index (χ0v) is 16.9. The van der Waals surface area contributed by atoms with Crippen LogP contribution in [0.3, 0.4) is 0 Å². The number of amides is 2. The summed E-state index contributed by atoms with van der Waals surface area (Å²) in [5.41, 5.74) is 7.22. The molecule has 2 amide bonds. The number of nitrogens with one attached hydrogen (secondary N) is 2. The van der Waals surface area contributed by atoms with Crippen molar-refractivity contribution in [3.63, 3.8) is 0 Å². The lowest BCUT2D eigenvalue weighted by Crippen LogP contribution is -2.43. The molecule has 150 valence electrons. The quantitative estimate of drug-likeness (QED) is 0.682. The first kappa shape index (κ1) is 21.3. The van der Waals surface area contributed by atoms with Gasteiger partial charge in [-0.05, 0) is 62.1 Å². The number of carbonyl (C=O) groups is 2. The molecular weight excluding hydrogens is 356 g/mol. The molecule has 0 saturated heterocycles. The zero-order chi connectivity index (χ0) is 20.5. The first-order chi connectivity index (χ1) is 13.3. The molecule has 0 aromatic heterocycles. The first-order valence-electron chi connectivity index (χ1n) is 9.37. The fraction of sp³-hybridized carbons (Fsp3) is 0.364. The smallest absolute Gasteiger partial charge is 0.276 e.